The smallest absolute Gasteiger partial charge is 0.342 e. The Balaban J connectivity index is 2.10. The van der Waals surface area contributed by atoms with Gasteiger partial charge >= 0.3 is 5.97 Å². The summed E-state index contributed by atoms with van der Waals surface area (Å²) in [7, 11) is 0. The van der Waals surface area contributed by atoms with E-state index in [-0.39, 0.29) is 12.7 Å². The highest BCUT2D eigenvalue weighted by atomic mass is 16.5. The zero-order chi connectivity index (χ0) is 11.7. The Bertz CT molecular complexity index is 551. The lowest BCUT2D eigenvalue weighted by molar-refractivity contribution is 0.0494. The van der Waals surface area contributed by atoms with E-state index in [4.69, 9.17) is 4.74 Å². The average molecular weight is 225 g/mol. The van der Waals surface area contributed by atoms with E-state index < -0.39 is 0 Å². The first-order valence-corrected chi connectivity index (χ1v) is 5.45. The lowest BCUT2D eigenvalue weighted by Gasteiger charge is -2.30. The van der Waals surface area contributed by atoms with Crippen molar-refractivity contribution in [2.75, 3.05) is 11.6 Å². The van der Waals surface area contributed by atoms with Crippen molar-refractivity contribution in [3.8, 4) is 0 Å². The van der Waals surface area contributed by atoms with Crippen LogP contribution in [0.3, 0.4) is 0 Å². The predicted molar refractivity (Wildman–Crippen MR) is 65.3 cm³/mol. The molecule has 0 saturated heterocycles. The van der Waals surface area contributed by atoms with E-state index in [1.807, 2.05) is 53.4 Å². The van der Waals surface area contributed by atoms with Gasteiger partial charge in [-0.15, -0.1) is 0 Å². The highest BCUT2D eigenvalue weighted by Crippen LogP contribution is 2.31. The second-order valence-electron chi connectivity index (χ2n) is 3.84. The van der Waals surface area contributed by atoms with Crippen LogP contribution in [-0.2, 0) is 4.74 Å². The van der Waals surface area contributed by atoms with Crippen LogP contribution in [0.5, 0.6) is 0 Å². The molecule has 1 heterocycles. The van der Waals surface area contributed by atoms with Crippen LogP contribution in [0.15, 0.2) is 54.6 Å². The quantitative estimate of drug-likeness (QED) is 0.699. The van der Waals surface area contributed by atoms with E-state index in [0.29, 0.717) is 5.56 Å². The maximum Gasteiger partial charge on any atom is 0.342 e. The second kappa shape index (κ2) is 3.94. The van der Waals surface area contributed by atoms with Gasteiger partial charge in [0.25, 0.3) is 0 Å². The fourth-order valence-electron chi connectivity index (χ4n) is 1.97. The molecule has 17 heavy (non-hydrogen) atoms. The zero-order valence-corrected chi connectivity index (χ0v) is 9.17. The van der Waals surface area contributed by atoms with E-state index in [2.05, 4.69) is 0 Å². The SMILES string of the molecule is O=C1OCN(c2ccccc2)c2ccccc21. The molecule has 0 amide bonds. The van der Waals surface area contributed by atoms with Gasteiger partial charge in [-0.05, 0) is 24.3 Å². The monoisotopic (exact) mass is 225 g/mol. The molecule has 0 bridgehead atoms. The van der Waals surface area contributed by atoms with Crippen molar-refractivity contribution < 1.29 is 9.53 Å². The molecule has 3 heteroatoms. The number of fused-ring (bicyclic) bond motifs is 1. The summed E-state index contributed by atoms with van der Waals surface area (Å²) in [6.07, 6.45) is 0. The normalized spacial score (nSPS) is 14.1. The summed E-state index contributed by atoms with van der Waals surface area (Å²) in [4.78, 5) is 13.6. The number of rotatable bonds is 1. The number of hydrogen-bond donors (Lipinski definition) is 0. The van der Waals surface area contributed by atoms with Gasteiger partial charge in [-0.3, -0.25) is 0 Å². The van der Waals surface area contributed by atoms with Gasteiger partial charge < -0.3 is 9.64 Å². The molecule has 3 nitrogen and oxygen atoms in total. The third kappa shape index (κ3) is 1.65. The molecule has 1 aliphatic rings. The third-order valence-corrected chi connectivity index (χ3v) is 2.81. The molecule has 0 saturated carbocycles. The third-order valence-electron chi connectivity index (χ3n) is 2.81. The van der Waals surface area contributed by atoms with Crippen LogP contribution < -0.4 is 4.90 Å². The number of carbonyl (C=O) groups is 1. The highest BCUT2D eigenvalue weighted by molar-refractivity contribution is 5.98. The van der Waals surface area contributed by atoms with E-state index in [0.717, 1.165) is 11.4 Å². The van der Waals surface area contributed by atoms with Gasteiger partial charge in [0.05, 0.1) is 11.3 Å². The Kier molecular flexibility index (Phi) is 2.29. The van der Waals surface area contributed by atoms with E-state index in [1.54, 1.807) is 6.07 Å². The molecule has 1 aliphatic heterocycles. The van der Waals surface area contributed by atoms with Crippen LogP contribution in [-0.4, -0.2) is 12.7 Å². The molecule has 0 fully saturated rings. The standard InChI is InChI=1S/C14H11NO2/c16-14-12-8-4-5-9-13(12)15(10-17-14)11-6-2-1-3-7-11/h1-9H,10H2. The van der Waals surface area contributed by atoms with Crippen LogP contribution in [0.25, 0.3) is 0 Å². The summed E-state index contributed by atoms with van der Waals surface area (Å²) in [5, 5.41) is 0. The number of hydrogen-bond acceptors (Lipinski definition) is 3. The molecule has 0 aromatic heterocycles. The Morgan fingerprint density at radius 1 is 0.941 bits per heavy atom. The second-order valence-corrected chi connectivity index (χ2v) is 3.84. The Morgan fingerprint density at radius 2 is 1.65 bits per heavy atom. The molecule has 0 unspecified atom stereocenters. The van der Waals surface area contributed by atoms with Crippen molar-refractivity contribution in [2.45, 2.75) is 0 Å². The number of anilines is 2. The van der Waals surface area contributed by atoms with Gasteiger partial charge in [0.2, 0.25) is 0 Å². The maximum absolute atomic E-state index is 11.6. The zero-order valence-electron chi connectivity index (χ0n) is 9.17. The molecule has 3 rings (SSSR count). The Labute approximate surface area is 99.2 Å². The summed E-state index contributed by atoms with van der Waals surface area (Å²) in [5.41, 5.74) is 2.53. The molecule has 2 aromatic rings. The summed E-state index contributed by atoms with van der Waals surface area (Å²) >= 11 is 0. The fourth-order valence-corrected chi connectivity index (χ4v) is 1.97. The number of benzene rings is 2. The van der Waals surface area contributed by atoms with Crippen LogP contribution in [0.1, 0.15) is 10.4 Å². The predicted octanol–water partition coefficient (Wildman–Crippen LogP) is 2.95. The van der Waals surface area contributed by atoms with Gasteiger partial charge in [-0.25, -0.2) is 4.79 Å². The molecule has 84 valence electrons. The number of esters is 1. The molecular weight excluding hydrogens is 214 g/mol. The summed E-state index contributed by atoms with van der Waals surface area (Å²) < 4.78 is 5.16. The summed E-state index contributed by atoms with van der Waals surface area (Å²) in [6.45, 7) is 0.264. The van der Waals surface area contributed by atoms with Gasteiger partial charge in [0.15, 0.2) is 6.73 Å². The molecule has 2 aromatic carbocycles. The van der Waals surface area contributed by atoms with Crippen LogP contribution >= 0.6 is 0 Å². The van der Waals surface area contributed by atoms with Gasteiger partial charge in [-0.2, -0.15) is 0 Å². The number of carbonyl (C=O) groups excluding carboxylic acids is 1. The molecular formula is C14H11NO2. The van der Waals surface area contributed by atoms with Crippen molar-refractivity contribution in [3.63, 3.8) is 0 Å². The topological polar surface area (TPSA) is 29.5 Å². The summed E-state index contributed by atoms with van der Waals surface area (Å²) in [6, 6.07) is 17.4. The molecule has 0 spiro atoms. The van der Waals surface area contributed by atoms with Crippen LogP contribution in [0.4, 0.5) is 11.4 Å². The van der Waals surface area contributed by atoms with Crippen molar-refractivity contribution in [3.05, 3.63) is 60.2 Å². The first-order valence-electron chi connectivity index (χ1n) is 5.45. The Morgan fingerprint density at radius 3 is 2.47 bits per heavy atom. The highest BCUT2D eigenvalue weighted by Gasteiger charge is 2.24. The van der Waals surface area contributed by atoms with Crippen molar-refractivity contribution in [2.24, 2.45) is 0 Å². The minimum Gasteiger partial charge on any atom is -0.440 e. The molecule has 0 aliphatic carbocycles. The first kappa shape index (κ1) is 9.90. The fraction of sp³-hybridized carbons (Fsp3) is 0.0714. The van der Waals surface area contributed by atoms with E-state index >= 15 is 0 Å². The van der Waals surface area contributed by atoms with Crippen molar-refractivity contribution >= 4 is 17.3 Å². The largest absolute Gasteiger partial charge is 0.440 e. The summed E-state index contributed by atoms with van der Waals surface area (Å²) in [5.74, 6) is -0.257. The molecule has 0 N–H and O–H groups in total. The number of para-hydroxylation sites is 2. The minimum atomic E-state index is -0.257. The lowest BCUT2D eigenvalue weighted by Crippen LogP contribution is -2.30. The molecule has 0 atom stereocenters. The van der Waals surface area contributed by atoms with Gasteiger partial charge in [0, 0.05) is 5.69 Å². The van der Waals surface area contributed by atoms with Gasteiger partial charge in [-0.1, -0.05) is 30.3 Å². The first-order chi connectivity index (χ1) is 8.36. The minimum absolute atomic E-state index is 0.257. The Hall–Kier alpha value is -2.29. The number of nitrogens with zero attached hydrogens (tertiary/aromatic N) is 1. The maximum atomic E-state index is 11.6. The average Bonchev–Trinajstić information content (AvgIpc) is 2.41. The van der Waals surface area contributed by atoms with Crippen molar-refractivity contribution in [1.29, 1.82) is 0 Å². The number of cyclic esters (lactones) is 1. The van der Waals surface area contributed by atoms with Crippen LogP contribution in [0.2, 0.25) is 0 Å². The van der Waals surface area contributed by atoms with Crippen molar-refractivity contribution in [1.82, 2.24) is 0 Å². The lowest BCUT2D eigenvalue weighted by atomic mass is 10.1. The van der Waals surface area contributed by atoms with E-state index in [1.165, 1.54) is 0 Å². The molecule has 0 radical (unpaired) electrons. The van der Waals surface area contributed by atoms with Gasteiger partial charge in [0.1, 0.15) is 0 Å². The number of ether oxygens (including phenoxy) is 1. The van der Waals surface area contributed by atoms with E-state index in [9.17, 15) is 4.79 Å². The van der Waals surface area contributed by atoms with Crippen LogP contribution in [0, 0.1) is 0 Å².